The smallest absolute Gasteiger partial charge is 0.164 e. The third-order valence-corrected chi connectivity index (χ3v) is 14.3. The van der Waals surface area contributed by atoms with Crippen molar-refractivity contribution in [3.05, 3.63) is 231 Å². The topological polar surface area (TPSA) is 56.7 Å². The van der Waals surface area contributed by atoms with Crippen LogP contribution in [0.5, 0.6) is 0 Å². The molecule has 0 unspecified atom stereocenters. The minimum atomic E-state index is 0.552. The Morgan fingerprint density at radius 3 is 1.44 bits per heavy atom. The quantitative estimate of drug-likeness (QED) is 0.162. The van der Waals surface area contributed by atoms with Gasteiger partial charge >= 0.3 is 0 Å². The molecule has 0 atom stereocenters. The molecule has 0 spiro atoms. The number of hydrogen-bond donors (Lipinski definition) is 0. The van der Waals surface area contributed by atoms with Gasteiger partial charge in [0.25, 0.3) is 0 Å². The van der Waals surface area contributed by atoms with E-state index in [1.807, 2.05) is 6.07 Å². The van der Waals surface area contributed by atoms with Crippen molar-refractivity contribution in [1.29, 1.82) is 0 Å². The molecule has 5 nitrogen and oxygen atoms in total. The van der Waals surface area contributed by atoms with Crippen LogP contribution < -0.4 is 0 Å². The lowest BCUT2D eigenvalue weighted by Gasteiger charge is -2.14. The van der Waals surface area contributed by atoms with E-state index in [2.05, 4.69) is 229 Å². The molecule has 0 saturated heterocycles. The van der Waals surface area contributed by atoms with Crippen molar-refractivity contribution in [2.75, 3.05) is 0 Å². The molecule has 324 valence electrons. The Kier molecular flexibility index (Phi) is 8.29. The molecule has 0 saturated carbocycles. The Labute approximate surface area is 401 Å². The van der Waals surface area contributed by atoms with Crippen molar-refractivity contribution >= 4 is 97.6 Å². The van der Waals surface area contributed by atoms with Crippen LogP contribution in [0.3, 0.4) is 0 Å². The number of aromatic nitrogens is 4. The molecule has 3 aromatic heterocycles. The zero-order valence-electron chi connectivity index (χ0n) is 37.6. The monoisotopic (exact) mass is 890 g/mol. The first kappa shape index (κ1) is 38.6. The molecule has 0 N–H and O–H groups in total. The average Bonchev–Trinajstić information content (AvgIpc) is 3.96. The molecular formula is C65H38N4O. The second kappa shape index (κ2) is 15.0. The van der Waals surface area contributed by atoms with Gasteiger partial charge in [0.05, 0.1) is 22.1 Å². The Bertz CT molecular complexity index is 4550. The van der Waals surface area contributed by atoms with Gasteiger partial charge < -0.3 is 8.98 Å². The molecule has 0 aliphatic heterocycles. The number of fused-ring (bicyclic) bond motifs is 13. The van der Waals surface area contributed by atoms with Gasteiger partial charge in [0.2, 0.25) is 0 Å². The summed E-state index contributed by atoms with van der Waals surface area (Å²) in [4.78, 5) is 16.0. The first-order chi connectivity index (χ1) is 34.6. The lowest BCUT2D eigenvalue weighted by atomic mass is 10.00. The average molecular weight is 891 g/mol. The zero-order chi connectivity index (χ0) is 45.9. The van der Waals surface area contributed by atoms with Gasteiger partial charge in [0.15, 0.2) is 17.5 Å². The van der Waals surface area contributed by atoms with E-state index in [4.69, 9.17) is 19.4 Å². The third-order valence-electron chi connectivity index (χ3n) is 14.3. The summed E-state index contributed by atoms with van der Waals surface area (Å²) in [5.74, 6) is 1.73. The number of furan rings is 1. The highest BCUT2D eigenvalue weighted by atomic mass is 16.3. The van der Waals surface area contributed by atoms with E-state index in [0.29, 0.717) is 17.5 Å². The number of nitrogens with zero attached hydrogens (tertiary/aromatic N) is 4. The van der Waals surface area contributed by atoms with Gasteiger partial charge in [-0.1, -0.05) is 182 Å². The predicted octanol–water partition coefficient (Wildman–Crippen LogP) is 17.3. The maximum atomic E-state index is 7.11. The molecule has 12 aromatic carbocycles. The fraction of sp³-hybridized carbons (Fsp3) is 0. The van der Waals surface area contributed by atoms with Crippen LogP contribution in [0.4, 0.5) is 0 Å². The van der Waals surface area contributed by atoms with Crippen LogP contribution in [0.15, 0.2) is 235 Å². The van der Waals surface area contributed by atoms with Crippen LogP contribution in [0, 0.1) is 0 Å². The van der Waals surface area contributed by atoms with Gasteiger partial charge in [-0.25, -0.2) is 15.0 Å². The fourth-order valence-corrected chi connectivity index (χ4v) is 10.9. The number of benzene rings is 12. The largest absolute Gasteiger partial charge is 0.455 e. The molecule has 15 aromatic rings. The van der Waals surface area contributed by atoms with Crippen LogP contribution in [0.25, 0.3) is 149 Å². The van der Waals surface area contributed by atoms with Gasteiger partial charge in [-0.15, -0.1) is 0 Å². The van der Waals surface area contributed by atoms with Gasteiger partial charge in [0.1, 0.15) is 11.2 Å². The SMILES string of the molecule is c1ccc(-c2ccc(-c3nc(-c4ccc5c(ccc6ccccc65)c4)nc(-c4cc(-n5c6cc7ccccc7cc6c6cc7ccccc7cc65)c5c(c4)oc4c6ccccc6ccc45)n3)cc2)cc1. The van der Waals surface area contributed by atoms with E-state index >= 15 is 0 Å². The first-order valence-electron chi connectivity index (χ1n) is 23.7. The summed E-state index contributed by atoms with van der Waals surface area (Å²) in [5.41, 5.74) is 9.71. The van der Waals surface area contributed by atoms with Crippen LogP contribution >= 0.6 is 0 Å². The molecule has 0 aliphatic carbocycles. The van der Waals surface area contributed by atoms with E-state index in [0.717, 1.165) is 82.6 Å². The summed E-state index contributed by atoms with van der Waals surface area (Å²) in [6.07, 6.45) is 0. The van der Waals surface area contributed by atoms with Gasteiger partial charge in [-0.2, -0.15) is 0 Å². The fourth-order valence-electron chi connectivity index (χ4n) is 10.9. The van der Waals surface area contributed by atoms with Crippen molar-refractivity contribution in [3.63, 3.8) is 0 Å². The standard InChI is InChI=1S/C65H38N4O/c1-2-12-39(13-3-1)40-22-25-43(26-23-40)63-66-64(49-29-30-52-48(32-49)27-24-41-14-8-10-20-51(41)52)68-65(67-63)50-37-59(61-54-31-28-42-15-9-11-21-53(42)62(54)70-60(61)38-50)69-57-35-46-18-6-4-16-44(46)33-55(57)56-34-45-17-5-7-19-47(45)36-58(56)69/h1-38H. The summed E-state index contributed by atoms with van der Waals surface area (Å²) in [5, 5.41) is 16.1. The maximum Gasteiger partial charge on any atom is 0.164 e. The van der Waals surface area contributed by atoms with Crippen molar-refractivity contribution < 1.29 is 4.42 Å². The van der Waals surface area contributed by atoms with Crippen molar-refractivity contribution in [2.45, 2.75) is 0 Å². The Morgan fingerprint density at radius 2 is 0.757 bits per heavy atom. The molecule has 0 fully saturated rings. The van der Waals surface area contributed by atoms with Crippen LogP contribution in [-0.4, -0.2) is 19.5 Å². The van der Waals surface area contributed by atoms with Crippen molar-refractivity contribution in [1.82, 2.24) is 19.5 Å². The molecule has 0 aliphatic rings. The van der Waals surface area contributed by atoms with E-state index in [9.17, 15) is 0 Å². The first-order valence-corrected chi connectivity index (χ1v) is 23.7. The summed E-state index contributed by atoms with van der Waals surface area (Å²) in [6, 6.07) is 82.4. The van der Waals surface area contributed by atoms with Gasteiger partial charge in [-0.3, -0.25) is 0 Å². The summed E-state index contributed by atoms with van der Waals surface area (Å²) in [7, 11) is 0. The maximum absolute atomic E-state index is 7.11. The summed E-state index contributed by atoms with van der Waals surface area (Å²) >= 11 is 0. The van der Waals surface area contributed by atoms with E-state index in [1.54, 1.807) is 0 Å². The second-order valence-electron chi connectivity index (χ2n) is 18.4. The lowest BCUT2D eigenvalue weighted by molar-refractivity contribution is 0.672. The lowest BCUT2D eigenvalue weighted by Crippen LogP contribution is -2.02. The molecule has 0 radical (unpaired) electrons. The highest BCUT2D eigenvalue weighted by molar-refractivity contribution is 6.21. The van der Waals surface area contributed by atoms with Crippen molar-refractivity contribution in [2.24, 2.45) is 0 Å². The molecular weight excluding hydrogens is 853 g/mol. The van der Waals surface area contributed by atoms with E-state index in [-0.39, 0.29) is 0 Å². The summed E-state index contributed by atoms with van der Waals surface area (Å²) in [6.45, 7) is 0. The Morgan fingerprint density at radius 1 is 0.286 bits per heavy atom. The van der Waals surface area contributed by atoms with E-state index in [1.165, 1.54) is 48.5 Å². The minimum Gasteiger partial charge on any atom is -0.455 e. The molecule has 0 bridgehead atoms. The highest BCUT2D eigenvalue weighted by Crippen LogP contribution is 2.44. The molecule has 3 heterocycles. The molecule has 5 heteroatoms. The highest BCUT2D eigenvalue weighted by Gasteiger charge is 2.23. The third kappa shape index (κ3) is 6.02. The van der Waals surface area contributed by atoms with Gasteiger partial charge in [-0.05, 0) is 108 Å². The minimum absolute atomic E-state index is 0.552. The molecule has 0 amide bonds. The van der Waals surface area contributed by atoms with Crippen LogP contribution in [0.2, 0.25) is 0 Å². The Balaban J connectivity index is 1.03. The van der Waals surface area contributed by atoms with Gasteiger partial charge in [0, 0.05) is 38.2 Å². The molecule has 15 rings (SSSR count). The normalized spacial score (nSPS) is 12.0. The number of rotatable bonds is 5. The van der Waals surface area contributed by atoms with Crippen LogP contribution in [0.1, 0.15) is 0 Å². The zero-order valence-corrected chi connectivity index (χ0v) is 37.6. The number of hydrogen-bond acceptors (Lipinski definition) is 4. The van der Waals surface area contributed by atoms with E-state index < -0.39 is 0 Å². The Hall–Kier alpha value is -9.45. The molecule has 70 heavy (non-hydrogen) atoms. The van der Waals surface area contributed by atoms with Crippen molar-refractivity contribution in [3.8, 4) is 51.0 Å². The van der Waals surface area contributed by atoms with Crippen LogP contribution in [-0.2, 0) is 0 Å². The second-order valence-corrected chi connectivity index (χ2v) is 18.4. The predicted molar refractivity (Wildman–Crippen MR) is 291 cm³/mol. The summed E-state index contributed by atoms with van der Waals surface area (Å²) < 4.78 is 9.56.